The highest BCUT2D eigenvalue weighted by molar-refractivity contribution is 7.80. The van der Waals surface area contributed by atoms with E-state index >= 15 is 0 Å². The first-order valence-electron chi connectivity index (χ1n) is 12.0. The summed E-state index contributed by atoms with van der Waals surface area (Å²) in [4.78, 5) is 3.89. The van der Waals surface area contributed by atoms with E-state index in [9.17, 15) is 0 Å². The van der Waals surface area contributed by atoms with Crippen LogP contribution in [0.15, 0.2) is 30.3 Å². The molecular weight excluding hydrogens is 410 g/mol. The van der Waals surface area contributed by atoms with Gasteiger partial charge in [-0.25, -0.2) is 0 Å². The lowest BCUT2D eigenvalue weighted by Crippen LogP contribution is -2.69. The van der Waals surface area contributed by atoms with E-state index in [1.807, 2.05) is 0 Å². The fraction of sp³-hybridized carbons (Fsp3) is 0.720. The van der Waals surface area contributed by atoms with Crippen molar-refractivity contribution in [3.05, 3.63) is 35.9 Å². The van der Waals surface area contributed by atoms with Crippen molar-refractivity contribution in [1.29, 1.82) is 0 Å². The van der Waals surface area contributed by atoms with Crippen LogP contribution in [0.25, 0.3) is 0 Å². The van der Waals surface area contributed by atoms with E-state index in [0.29, 0.717) is 24.0 Å². The molecule has 30 heavy (non-hydrogen) atoms. The lowest BCUT2D eigenvalue weighted by atomic mass is 9.47. The molecule has 2 unspecified atom stereocenters. The molecule has 2 atom stereocenters. The molecule has 164 valence electrons. The number of hydrogen-bond acceptors (Lipinski definition) is 3. The van der Waals surface area contributed by atoms with Crippen molar-refractivity contribution in [2.45, 2.75) is 81.3 Å². The van der Waals surface area contributed by atoms with Crippen LogP contribution in [-0.4, -0.2) is 47.0 Å². The van der Waals surface area contributed by atoms with Gasteiger partial charge in [0, 0.05) is 36.0 Å². The molecule has 6 rings (SSSR count). The summed E-state index contributed by atoms with van der Waals surface area (Å²) in [7, 11) is 0. The van der Waals surface area contributed by atoms with E-state index in [1.165, 1.54) is 68.3 Å². The molecule has 5 aliphatic rings. The molecule has 2 aliphatic heterocycles. The maximum atomic E-state index is 6.21. The topological polar surface area (TPSA) is 41.3 Å². The fourth-order valence-electron chi connectivity index (χ4n) is 7.56. The second-order valence-electron chi connectivity index (χ2n) is 10.6. The molecule has 0 radical (unpaired) electrons. The summed E-state index contributed by atoms with van der Waals surface area (Å²) in [6, 6.07) is 13.0. The average Bonchev–Trinajstić information content (AvgIpc) is 2.77. The van der Waals surface area contributed by atoms with E-state index in [1.54, 1.807) is 0 Å². The van der Waals surface area contributed by atoms with Gasteiger partial charge in [-0.2, -0.15) is 0 Å². The molecule has 0 aromatic heterocycles. The predicted octanol–water partition coefficient (Wildman–Crippen LogP) is 4.61. The number of hydrogen-bond donors (Lipinski definition) is 2. The molecule has 1 aromatic rings. The zero-order valence-electron chi connectivity index (χ0n) is 18.0. The van der Waals surface area contributed by atoms with E-state index < -0.39 is 0 Å². The Morgan fingerprint density at radius 1 is 1.07 bits per heavy atom. The predicted molar refractivity (Wildman–Crippen MR) is 129 cm³/mol. The van der Waals surface area contributed by atoms with Crippen LogP contribution in [0.5, 0.6) is 0 Å². The van der Waals surface area contributed by atoms with Crippen molar-refractivity contribution >= 4 is 28.8 Å². The van der Waals surface area contributed by atoms with E-state index in [4.69, 9.17) is 29.6 Å². The zero-order chi connectivity index (χ0) is 20.8. The number of nitrogens with zero attached hydrogens (tertiary/aromatic N) is 1. The molecule has 2 heterocycles. The summed E-state index contributed by atoms with van der Waals surface area (Å²) in [5.74, 6) is 1.44. The number of piperidine rings is 2. The van der Waals surface area contributed by atoms with E-state index in [-0.39, 0.29) is 10.8 Å². The monoisotopic (exact) mass is 445 g/mol. The summed E-state index contributed by atoms with van der Waals surface area (Å²) in [6.45, 7) is 1.85. The van der Waals surface area contributed by atoms with Crippen molar-refractivity contribution in [2.24, 2.45) is 17.1 Å². The summed E-state index contributed by atoms with van der Waals surface area (Å²) in [5, 5.41) is 3.88. The lowest BCUT2D eigenvalue weighted by molar-refractivity contribution is -0.0935. The van der Waals surface area contributed by atoms with Gasteiger partial charge in [-0.3, -0.25) is 4.90 Å². The smallest absolute Gasteiger partial charge is 0.0819 e. The third kappa shape index (κ3) is 3.62. The third-order valence-electron chi connectivity index (χ3n) is 8.85. The van der Waals surface area contributed by atoms with Crippen LogP contribution < -0.4 is 11.1 Å². The Morgan fingerprint density at radius 2 is 1.73 bits per heavy atom. The van der Waals surface area contributed by atoms with Gasteiger partial charge in [0.1, 0.15) is 0 Å². The summed E-state index contributed by atoms with van der Waals surface area (Å²) in [6.07, 6.45) is 11.1. The average molecular weight is 446 g/mol. The highest BCUT2D eigenvalue weighted by atomic mass is 35.5. The first kappa shape index (κ1) is 21.2. The summed E-state index contributed by atoms with van der Waals surface area (Å²) in [5.41, 5.74) is 7.86. The number of rotatable bonds is 6. The van der Waals surface area contributed by atoms with Crippen LogP contribution in [0.1, 0.15) is 63.4 Å². The van der Waals surface area contributed by atoms with Gasteiger partial charge in [-0.1, -0.05) is 42.5 Å². The van der Waals surface area contributed by atoms with Gasteiger partial charge in [0.15, 0.2) is 0 Å². The van der Waals surface area contributed by atoms with Gasteiger partial charge in [0.2, 0.25) is 0 Å². The molecule has 1 aromatic carbocycles. The van der Waals surface area contributed by atoms with Crippen LogP contribution in [0, 0.1) is 11.3 Å². The summed E-state index contributed by atoms with van der Waals surface area (Å²) < 4.78 is 0. The number of benzene rings is 1. The number of nitrogens with one attached hydrogen (secondary N) is 1. The van der Waals surface area contributed by atoms with E-state index in [0.717, 1.165) is 19.0 Å². The molecule has 2 saturated heterocycles. The van der Waals surface area contributed by atoms with Crippen molar-refractivity contribution in [3.8, 4) is 0 Å². The van der Waals surface area contributed by atoms with Crippen molar-refractivity contribution in [2.75, 3.05) is 19.0 Å². The maximum Gasteiger partial charge on any atom is 0.0819 e. The second kappa shape index (κ2) is 8.35. The first-order chi connectivity index (χ1) is 14.6. The van der Waals surface area contributed by atoms with Gasteiger partial charge < -0.3 is 11.1 Å². The molecule has 0 spiro atoms. The van der Waals surface area contributed by atoms with Crippen molar-refractivity contribution in [3.63, 3.8) is 0 Å². The minimum absolute atomic E-state index is 0.157. The normalized spacial score (nSPS) is 40.5. The number of halogens is 1. The van der Waals surface area contributed by atoms with Gasteiger partial charge in [-0.05, 0) is 81.2 Å². The molecule has 3 aliphatic carbocycles. The maximum absolute atomic E-state index is 6.21. The lowest BCUT2D eigenvalue weighted by Gasteiger charge is -2.66. The van der Waals surface area contributed by atoms with Gasteiger partial charge >= 0.3 is 0 Å². The van der Waals surface area contributed by atoms with E-state index in [2.05, 4.69) is 40.5 Å². The van der Waals surface area contributed by atoms with Crippen LogP contribution in [-0.2, 0) is 5.41 Å². The van der Waals surface area contributed by atoms with Crippen LogP contribution >= 0.6 is 23.8 Å². The zero-order valence-corrected chi connectivity index (χ0v) is 19.6. The van der Waals surface area contributed by atoms with Gasteiger partial charge in [0.25, 0.3) is 0 Å². The fourth-order valence-corrected chi connectivity index (χ4v) is 8.16. The Balaban J connectivity index is 1.39. The first-order valence-corrected chi connectivity index (χ1v) is 12.9. The standard InChI is InChI=1S/C25H36ClN3S/c26-10-11-29-21-12-24(19-4-2-1-3-5-19)13-22(29)15-25(14-21,17-24)23(30)28-20-8-6-18(16-27)7-9-20/h1-5,18,20-22H,6-17,27H2,(H,28,30)/t18-,20-,21?,22?,24?,25?. The summed E-state index contributed by atoms with van der Waals surface area (Å²) >= 11 is 12.4. The molecule has 3 N–H and O–H groups in total. The Bertz CT molecular complexity index is 745. The third-order valence-corrected chi connectivity index (χ3v) is 9.57. The number of nitrogens with two attached hydrogens (primary N) is 1. The van der Waals surface area contributed by atoms with Crippen molar-refractivity contribution in [1.82, 2.24) is 10.2 Å². The SMILES string of the molecule is NC[C@H]1CC[C@H](NC(=S)C23CC4CC(c5ccccc5)(CC(C2)N4CCCl)C3)CC1. The van der Waals surface area contributed by atoms with Gasteiger partial charge in [0.05, 0.1) is 4.99 Å². The minimum atomic E-state index is 0.157. The van der Waals surface area contributed by atoms with Crippen molar-refractivity contribution < 1.29 is 0 Å². The molecule has 4 bridgehead atoms. The van der Waals surface area contributed by atoms with Gasteiger partial charge in [-0.15, -0.1) is 11.6 Å². The minimum Gasteiger partial charge on any atom is -0.376 e. The highest BCUT2D eigenvalue weighted by Crippen LogP contribution is 2.62. The van der Waals surface area contributed by atoms with Crippen LogP contribution in [0.2, 0.25) is 0 Å². The quantitative estimate of drug-likeness (QED) is 0.495. The van der Waals surface area contributed by atoms with Crippen LogP contribution in [0.4, 0.5) is 0 Å². The number of thiocarbonyl (C=S) groups is 1. The Morgan fingerprint density at radius 3 is 2.33 bits per heavy atom. The molecule has 5 fully saturated rings. The second-order valence-corrected chi connectivity index (χ2v) is 11.4. The molecule has 3 nitrogen and oxygen atoms in total. The molecule has 3 saturated carbocycles. The molecule has 0 amide bonds. The van der Waals surface area contributed by atoms with Crippen LogP contribution in [0.3, 0.4) is 0 Å². The Labute approximate surface area is 192 Å². The largest absolute Gasteiger partial charge is 0.376 e. The highest BCUT2D eigenvalue weighted by Gasteiger charge is 2.62. The Hall–Kier alpha value is -0.680. The molecule has 5 heteroatoms. The molecular formula is C25H36ClN3S. The number of alkyl halides is 1. The Kier molecular flexibility index (Phi) is 5.89.